The highest BCUT2D eigenvalue weighted by molar-refractivity contribution is 6.37. The van der Waals surface area contributed by atoms with Gasteiger partial charge in [0.25, 0.3) is 11.8 Å². The van der Waals surface area contributed by atoms with Crippen molar-refractivity contribution < 1.29 is 19.1 Å². The number of carbonyl (C=O) groups excluding carboxylic acids is 2. The van der Waals surface area contributed by atoms with Crippen LogP contribution < -0.4 is 14.4 Å². The van der Waals surface area contributed by atoms with Crippen molar-refractivity contribution in [3.8, 4) is 11.5 Å². The molecular weight excluding hydrogens is 408 g/mol. The second-order valence-corrected chi connectivity index (χ2v) is 7.46. The van der Waals surface area contributed by atoms with Crippen molar-refractivity contribution in [2.24, 2.45) is 0 Å². The predicted molar refractivity (Wildman–Crippen MR) is 118 cm³/mol. The smallest absolute Gasteiger partial charge is 0.267 e. The summed E-state index contributed by atoms with van der Waals surface area (Å²) in [7, 11) is 3.01. The first-order valence-electron chi connectivity index (χ1n) is 10.0. The van der Waals surface area contributed by atoms with E-state index in [2.05, 4.69) is 10.1 Å². The van der Waals surface area contributed by atoms with Gasteiger partial charge >= 0.3 is 0 Å². The molecule has 0 aliphatic carbocycles. The maximum absolute atomic E-state index is 13.6. The molecule has 0 saturated heterocycles. The molecule has 2 amide bonds. The molecule has 8 heteroatoms. The van der Waals surface area contributed by atoms with E-state index in [1.807, 2.05) is 37.3 Å². The van der Waals surface area contributed by atoms with Gasteiger partial charge in [0.1, 0.15) is 11.5 Å². The lowest BCUT2D eigenvalue weighted by Crippen LogP contribution is -2.29. The average molecular weight is 428 g/mol. The van der Waals surface area contributed by atoms with Crippen molar-refractivity contribution >= 4 is 28.5 Å². The van der Waals surface area contributed by atoms with Gasteiger partial charge in [-0.15, -0.1) is 0 Å². The number of aryl methyl sites for hydroxylation is 1. The number of hydrogen-bond donors (Lipinski definition) is 0. The minimum Gasteiger partial charge on any atom is -0.497 e. The molecule has 160 valence electrons. The van der Waals surface area contributed by atoms with Crippen LogP contribution in [-0.2, 0) is 6.54 Å². The summed E-state index contributed by atoms with van der Waals surface area (Å²) >= 11 is 0. The van der Waals surface area contributed by atoms with E-state index in [9.17, 15) is 9.59 Å². The number of imide groups is 1. The maximum Gasteiger partial charge on any atom is 0.267 e. The van der Waals surface area contributed by atoms with E-state index in [0.29, 0.717) is 46.0 Å². The lowest BCUT2D eigenvalue weighted by atomic mass is 10.1. The molecule has 3 heterocycles. The van der Waals surface area contributed by atoms with Gasteiger partial charge in [-0.2, -0.15) is 5.10 Å². The number of rotatable bonds is 5. The molecule has 2 aromatic heterocycles. The Morgan fingerprint density at radius 1 is 0.969 bits per heavy atom. The Morgan fingerprint density at radius 2 is 1.75 bits per heavy atom. The number of fused-ring (bicyclic) bond motifs is 3. The SMILES string of the molecule is COc1ccc(OC)c(N2C(=O)c3cnc4c(c(C)nn4Cc4ccccc4)c3C2=O)c1. The van der Waals surface area contributed by atoms with Crippen LogP contribution in [-0.4, -0.2) is 40.8 Å². The molecule has 0 unspecified atom stereocenters. The molecule has 0 atom stereocenters. The third kappa shape index (κ3) is 2.91. The number of nitrogens with zero attached hydrogens (tertiary/aromatic N) is 4. The Labute approximate surface area is 184 Å². The fraction of sp³-hybridized carbons (Fsp3) is 0.167. The van der Waals surface area contributed by atoms with Gasteiger partial charge in [0.05, 0.1) is 48.7 Å². The van der Waals surface area contributed by atoms with Gasteiger partial charge in [0.2, 0.25) is 0 Å². The van der Waals surface area contributed by atoms with E-state index in [1.54, 1.807) is 22.9 Å². The highest BCUT2D eigenvalue weighted by Gasteiger charge is 2.41. The second-order valence-electron chi connectivity index (χ2n) is 7.46. The van der Waals surface area contributed by atoms with E-state index in [1.165, 1.54) is 20.4 Å². The fourth-order valence-electron chi connectivity index (χ4n) is 4.08. The summed E-state index contributed by atoms with van der Waals surface area (Å²) in [5.74, 6) is 0.000898. The fourth-order valence-corrected chi connectivity index (χ4v) is 4.08. The van der Waals surface area contributed by atoms with E-state index in [-0.39, 0.29) is 5.56 Å². The van der Waals surface area contributed by atoms with Crippen LogP contribution in [0.15, 0.2) is 54.7 Å². The third-order valence-corrected chi connectivity index (χ3v) is 5.59. The monoisotopic (exact) mass is 428 g/mol. The summed E-state index contributed by atoms with van der Waals surface area (Å²) < 4.78 is 12.4. The standard InChI is InChI=1S/C24H20N4O4/c1-14-20-21-17(12-25-22(20)27(26-14)13-15-7-5-4-6-8-15)23(29)28(24(21)30)18-11-16(31-2)9-10-19(18)32-3/h4-12H,13H2,1-3H3. The van der Waals surface area contributed by atoms with Gasteiger partial charge in [-0.3, -0.25) is 9.59 Å². The minimum atomic E-state index is -0.457. The lowest BCUT2D eigenvalue weighted by Gasteiger charge is -2.18. The summed E-state index contributed by atoms with van der Waals surface area (Å²) in [6, 6.07) is 14.8. The third-order valence-electron chi connectivity index (χ3n) is 5.59. The summed E-state index contributed by atoms with van der Waals surface area (Å²) in [4.78, 5) is 32.4. The Bertz CT molecular complexity index is 1380. The summed E-state index contributed by atoms with van der Waals surface area (Å²) in [6.07, 6.45) is 1.45. The van der Waals surface area contributed by atoms with Crippen molar-refractivity contribution in [3.63, 3.8) is 0 Å². The zero-order chi connectivity index (χ0) is 22.4. The van der Waals surface area contributed by atoms with Gasteiger partial charge < -0.3 is 9.47 Å². The van der Waals surface area contributed by atoms with Crippen LogP contribution in [0.1, 0.15) is 32.0 Å². The van der Waals surface area contributed by atoms with Crippen molar-refractivity contribution in [1.29, 1.82) is 0 Å². The molecule has 0 saturated carbocycles. The number of pyridine rings is 1. The average Bonchev–Trinajstić information content (AvgIpc) is 3.26. The lowest BCUT2D eigenvalue weighted by molar-refractivity contribution is 0.0925. The number of hydrogen-bond acceptors (Lipinski definition) is 6. The number of amides is 2. The zero-order valence-electron chi connectivity index (χ0n) is 17.8. The van der Waals surface area contributed by atoms with Crippen molar-refractivity contribution in [2.75, 3.05) is 19.1 Å². The molecule has 0 fully saturated rings. The van der Waals surface area contributed by atoms with E-state index < -0.39 is 11.8 Å². The van der Waals surface area contributed by atoms with Crippen molar-refractivity contribution in [2.45, 2.75) is 13.5 Å². The van der Waals surface area contributed by atoms with Gasteiger partial charge in [0.15, 0.2) is 5.65 Å². The van der Waals surface area contributed by atoms with Gasteiger partial charge in [-0.25, -0.2) is 14.6 Å². The Morgan fingerprint density at radius 3 is 2.47 bits per heavy atom. The first-order valence-corrected chi connectivity index (χ1v) is 10.0. The van der Waals surface area contributed by atoms with Gasteiger partial charge in [-0.1, -0.05) is 30.3 Å². The molecule has 0 N–H and O–H groups in total. The van der Waals surface area contributed by atoms with Gasteiger partial charge in [-0.05, 0) is 24.6 Å². The summed E-state index contributed by atoms with van der Waals surface area (Å²) in [5, 5.41) is 5.19. The van der Waals surface area contributed by atoms with Crippen LogP contribution in [0.2, 0.25) is 0 Å². The maximum atomic E-state index is 13.6. The largest absolute Gasteiger partial charge is 0.497 e. The summed E-state index contributed by atoms with van der Waals surface area (Å²) in [5.41, 5.74) is 3.13. The number of methoxy groups -OCH3 is 2. The first kappa shape index (κ1) is 19.7. The Kier molecular flexibility index (Phi) is 4.62. The number of anilines is 1. The van der Waals surface area contributed by atoms with Crippen LogP contribution in [0.5, 0.6) is 11.5 Å². The highest BCUT2D eigenvalue weighted by Crippen LogP contribution is 2.39. The molecule has 0 bridgehead atoms. The summed E-state index contributed by atoms with van der Waals surface area (Å²) in [6.45, 7) is 2.32. The zero-order valence-corrected chi connectivity index (χ0v) is 17.8. The quantitative estimate of drug-likeness (QED) is 0.452. The van der Waals surface area contributed by atoms with Crippen LogP contribution in [0, 0.1) is 6.92 Å². The predicted octanol–water partition coefficient (Wildman–Crippen LogP) is 3.61. The molecular formula is C24H20N4O4. The second kappa shape index (κ2) is 7.49. The first-order chi connectivity index (χ1) is 15.5. The van der Waals surface area contributed by atoms with Crippen LogP contribution in [0.25, 0.3) is 11.0 Å². The van der Waals surface area contributed by atoms with E-state index in [4.69, 9.17) is 9.47 Å². The molecule has 1 aliphatic heterocycles. The minimum absolute atomic E-state index is 0.245. The Hall–Kier alpha value is -4.20. The topological polar surface area (TPSA) is 86.6 Å². The Balaban J connectivity index is 1.64. The number of benzene rings is 2. The number of ether oxygens (including phenoxy) is 2. The number of carbonyl (C=O) groups is 2. The van der Waals surface area contributed by atoms with E-state index >= 15 is 0 Å². The van der Waals surface area contributed by atoms with Crippen LogP contribution in [0.3, 0.4) is 0 Å². The van der Waals surface area contributed by atoms with Crippen molar-refractivity contribution in [3.05, 3.63) is 77.1 Å². The molecule has 5 rings (SSSR count). The highest BCUT2D eigenvalue weighted by atomic mass is 16.5. The normalized spacial score (nSPS) is 13.0. The molecule has 32 heavy (non-hydrogen) atoms. The van der Waals surface area contributed by atoms with Crippen LogP contribution in [0.4, 0.5) is 5.69 Å². The molecule has 1 aliphatic rings. The van der Waals surface area contributed by atoms with E-state index in [0.717, 1.165) is 10.5 Å². The molecule has 0 radical (unpaired) electrons. The molecule has 2 aromatic carbocycles. The molecule has 0 spiro atoms. The number of aromatic nitrogens is 3. The van der Waals surface area contributed by atoms with Crippen molar-refractivity contribution in [1.82, 2.24) is 14.8 Å². The molecule has 4 aromatic rings. The molecule has 8 nitrogen and oxygen atoms in total. The van der Waals surface area contributed by atoms with Gasteiger partial charge in [0, 0.05) is 12.3 Å². The van der Waals surface area contributed by atoms with Crippen LogP contribution >= 0.6 is 0 Å².